The summed E-state index contributed by atoms with van der Waals surface area (Å²) in [7, 11) is 0. The molecule has 5 nitrogen and oxygen atoms in total. The summed E-state index contributed by atoms with van der Waals surface area (Å²) in [5, 5.41) is 0. The van der Waals surface area contributed by atoms with Crippen LogP contribution in [0.1, 0.15) is 37.5 Å². The molecule has 3 rings (SSSR count). The molecule has 0 radical (unpaired) electrons. The number of carbonyl (C=O) groups excluding carboxylic acids is 1. The van der Waals surface area contributed by atoms with Crippen molar-refractivity contribution in [1.29, 1.82) is 0 Å². The Morgan fingerprint density at radius 1 is 1.00 bits per heavy atom. The van der Waals surface area contributed by atoms with Crippen molar-refractivity contribution < 1.29 is 27.4 Å². The topological polar surface area (TPSA) is 42.0 Å². The number of anilines is 1. The molecule has 0 saturated carbocycles. The Hall–Kier alpha value is -2.74. The molecule has 0 aromatic heterocycles. The highest BCUT2D eigenvalue weighted by Gasteiger charge is 2.32. The van der Waals surface area contributed by atoms with Gasteiger partial charge in [-0.05, 0) is 75.2 Å². The lowest BCUT2D eigenvalue weighted by Crippen LogP contribution is -2.46. The normalized spacial score (nSPS) is 15.4. The predicted molar refractivity (Wildman–Crippen MR) is 121 cm³/mol. The molecule has 2 aromatic rings. The second-order valence-corrected chi connectivity index (χ2v) is 8.73. The van der Waals surface area contributed by atoms with Gasteiger partial charge in [0.25, 0.3) is 0 Å². The average Bonchev–Trinajstić information content (AvgIpc) is 2.75. The predicted octanol–water partition coefficient (Wildman–Crippen LogP) is 5.06. The SMILES string of the molecule is CCOC(=O)C(C)(C)Oc1ccc(CN2CCN(c3ccc(C(F)(F)F)cc3)CC2)c(C)c1. The quantitative estimate of drug-likeness (QED) is 0.536. The van der Waals surface area contributed by atoms with Crippen LogP contribution in [0.4, 0.5) is 18.9 Å². The van der Waals surface area contributed by atoms with E-state index >= 15 is 0 Å². The number of carbonyl (C=O) groups is 1. The van der Waals surface area contributed by atoms with E-state index in [1.54, 1.807) is 32.9 Å². The van der Waals surface area contributed by atoms with E-state index in [0.29, 0.717) is 12.4 Å². The van der Waals surface area contributed by atoms with Gasteiger partial charge in [-0.1, -0.05) is 6.07 Å². The van der Waals surface area contributed by atoms with Crippen LogP contribution in [-0.4, -0.2) is 49.3 Å². The van der Waals surface area contributed by atoms with Crippen molar-refractivity contribution in [2.45, 2.75) is 46.0 Å². The van der Waals surface area contributed by atoms with Crippen molar-refractivity contribution >= 4 is 11.7 Å². The Morgan fingerprint density at radius 3 is 2.18 bits per heavy atom. The average molecular weight is 465 g/mol. The van der Waals surface area contributed by atoms with E-state index in [0.717, 1.165) is 56.1 Å². The van der Waals surface area contributed by atoms with Gasteiger partial charge in [0, 0.05) is 38.4 Å². The van der Waals surface area contributed by atoms with E-state index in [9.17, 15) is 18.0 Å². The minimum atomic E-state index is -4.32. The third-order valence-electron chi connectivity index (χ3n) is 5.78. The second kappa shape index (κ2) is 10.0. The van der Waals surface area contributed by atoms with Crippen LogP contribution < -0.4 is 9.64 Å². The van der Waals surface area contributed by atoms with E-state index in [-0.39, 0.29) is 0 Å². The van der Waals surface area contributed by atoms with Gasteiger partial charge in [0.05, 0.1) is 12.2 Å². The molecule has 33 heavy (non-hydrogen) atoms. The van der Waals surface area contributed by atoms with Crippen LogP contribution >= 0.6 is 0 Å². The molecule has 8 heteroatoms. The van der Waals surface area contributed by atoms with Gasteiger partial charge in [-0.2, -0.15) is 13.2 Å². The molecule has 0 bridgehead atoms. The largest absolute Gasteiger partial charge is 0.476 e. The van der Waals surface area contributed by atoms with E-state index in [1.165, 1.54) is 5.56 Å². The van der Waals surface area contributed by atoms with Crippen molar-refractivity contribution in [1.82, 2.24) is 4.90 Å². The van der Waals surface area contributed by atoms with Gasteiger partial charge in [0.15, 0.2) is 5.60 Å². The summed E-state index contributed by atoms with van der Waals surface area (Å²) in [4.78, 5) is 16.5. The molecule has 0 spiro atoms. The number of hydrogen-bond donors (Lipinski definition) is 0. The van der Waals surface area contributed by atoms with Gasteiger partial charge < -0.3 is 14.4 Å². The van der Waals surface area contributed by atoms with E-state index in [2.05, 4.69) is 9.80 Å². The molecule has 1 saturated heterocycles. The molecule has 0 atom stereocenters. The fourth-order valence-electron chi connectivity index (χ4n) is 3.82. The first kappa shape index (κ1) is 24.9. The number of rotatable bonds is 7. The Kier molecular flexibility index (Phi) is 7.57. The maximum absolute atomic E-state index is 12.8. The maximum Gasteiger partial charge on any atom is 0.416 e. The number of nitrogens with zero attached hydrogens (tertiary/aromatic N) is 2. The molecular weight excluding hydrogens is 433 g/mol. The lowest BCUT2D eigenvalue weighted by atomic mass is 10.1. The van der Waals surface area contributed by atoms with Crippen LogP contribution in [0.5, 0.6) is 5.75 Å². The molecule has 1 heterocycles. The van der Waals surface area contributed by atoms with Gasteiger partial charge in [-0.15, -0.1) is 0 Å². The van der Waals surface area contributed by atoms with Crippen molar-refractivity contribution in [2.24, 2.45) is 0 Å². The first-order valence-electron chi connectivity index (χ1n) is 11.1. The minimum Gasteiger partial charge on any atom is -0.476 e. The number of hydrogen-bond acceptors (Lipinski definition) is 5. The van der Waals surface area contributed by atoms with Crippen LogP contribution in [0.2, 0.25) is 0 Å². The van der Waals surface area contributed by atoms with Gasteiger partial charge in [0.2, 0.25) is 0 Å². The number of piperazine rings is 1. The summed E-state index contributed by atoms with van der Waals surface area (Å²) in [6, 6.07) is 11.2. The second-order valence-electron chi connectivity index (χ2n) is 8.73. The van der Waals surface area contributed by atoms with E-state index < -0.39 is 23.3 Å². The third-order valence-corrected chi connectivity index (χ3v) is 5.78. The fraction of sp³-hybridized carbons (Fsp3) is 0.480. The highest BCUT2D eigenvalue weighted by Crippen LogP contribution is 2.31. The van der Waals surface area contributed by atoms with Crippen LogP contribution in [-0.2, 0) is 22.3 Å². The van der Waals surface area contributed by atoms with Crippen molar-refractivity contribution in [3.05, 3.63) is 59.2 Å². The third kappa shape index (κ3) is 6.41. The van der Waals surface area contributed by atoms with Crippen molar-refractivity contribution in [2.75, 3.05) is 37.7 Å². The zero-order chi connectivity index (χ0) is 24.2. The van der Waals surface area contributed by atoms with Gasteiger partial charge >= 0.3 is 12.1 Å². The summed E-state index contributed by atoms with van der Waals surface area (Å²) in [6.45, 7) is 11.3. The number of benzene rings is 2. The molecule has 0 amide bonds. The van der Waals surface area contributed by atoms with Gasteiger partial charge in [0.1, 0.15) is 5.75 Å². The first-order chi connectivity index (χ1) is 15.5. The lowest BCUT2D eigenvalue weighted by Gasteiger charge is -2.36. The fourth-order valence-corrected chi connectivity index (χ4v) is 3.82. The number of ether oxygens (including phenoxy) is 2. The Labute approximate surface area is 193 Å². The number of esters is 1. The summed E-state index contributed by atoms with van der Waals surface area (Å²) in [5.41, 5.74) is 1.35. The summed E-state index contributed by atoms with van der Waals surface area (Å²) in [5.74, 6) is 0.207. The van der Waals surface area contributed by atoms with Crippen LogP contribution in [0.25, 0.3) is 0 Å². The zero-order valence-electron chi connectivity index (χ0n) is 19.5. The molecule has 0 unspecified atom stereocenters. The minimum absolute atomic E-state index is 0.301. The van der Waals surface area contributed by atoms with E-state index in [4.69, 9.17) is 9.47 Å². The van der Waals surface area contributed by atoms with Crippen LogP contribution in [0, 0.1) is 6.92 Å². The Morgan fingerprint density at radius 2 is 1.64 bits per heavy atom. The first-order valence-corrected chi connectivity index (χ1v) is 11.1. The maximum atomic E-state index is 12.8. The van der Waals surface area contributed by atoms with Crippen LogP contribution in [0.3, 0.4) is 0 Å². The number of alkyl halides is 3. The summed E-state index contributed by atoms with van der Waals surface area (Å²) < 4.78 is 49.3. The molecular formula is C25H31F3N2O3. The molecule has 0 aliphatic carbocycles. The lowest BCUT2D eigenvalue weighted by molar-refractivity contribution is -0.158. The molecule has 2 aromatic carbocycles. The molecule has 180 valence electrons. The Balaban J connectivity index is 1.55. The van der Waals surface area contributed by atoms with Crippen molar-refractivity contribution in [3.63, 3.8) is 0 Å². The monoisotopic (exact) mass is 464 g/mol. The van der Waals surface area contributed by atoms with E-state index in [1.807, 2.05) is 25.1 Å². The Bertz CT molecular complexity index is 950. The molecule has 0 N–H and O–H groups in total. The smallest absolute Gasteiger partial charge is 0.416 e. The van der Waals surface area contributed by atoms with Gasteiger partial charge in [-0.25, -0.2) is 4.79 Å². The summed E-state index contributed by atoms with van der Waals surface area (Å²) >= 11 is 0. The standard InChI is InChI=1S/C25H31F3N2O3/c1-5-32-23(31)24(3,4)33-22-11-6-19(18(2)16-22)17-29-12-14-30(15-13-29)21-9-7-20(8-10-21)25(26,27)28/h6-11,16H,5,12-15,17H2,1-4H3. The van der Waals surface area contributed by atoms with Crippen LogP contribution in [0.15, 0.2) is 42.5 Å². The van der Waals surface area contributed by atoms with Crippen molar-refractivity contribution in [3.8, 4) is 5.75 Å². The van der Waals surface area contributed by atoms with Gasteiger partial charge in [-0.3, -0.25) is 4.90 Å². The molecule has 1 aliphatic rings. The molecule has 1 aliphatic heterocycles. The highest BCUT2D eigenvalue weighted by molar-refractivity contribution is 5.79. The zero-order valence-corrected chi connectivity index (χ0v) is 19.5. The molecule has 1 fully saturated rings. The number of halogens is 3. The highest BCUT2D eigenvalue weighted by atomic mass is 19.4. The summed E-state index contributed by atoms with van der Waals surface area (Å²) in [6.07, 6.45) is -4.32. The number of aryl methyl sites for hydroxylation is 1.